The van der Waals surface area contributed by atoms with Gasteiger partial charge in [-0.15, -0.1) is 0 Å². The Morgan fingerprint density at radius 2 is 2.04 bits per heavy atom. The number of amides is 1. The molecule has 1 unspecified atom stereocenters. The highest BCUT2D eigenvalue weighted by molar-refractivity contribution is 5.95. The largest absolute Gasteiger partial charge is 0.368 e. The Morgan fingerprint density at radius 3 is 2.70 bits per heavy atom. The number of hydrogen-bond acceptors (Lipinski definition) is 3. The second kappa shape index (κ2) is 6.04. The molecule has 1 aliphatic rings. The van der Waals surface area contributed by atoms with Gasteiger partial charge in [0.05, 0.1) is 6.04 Å². The van der Waals surface area contributed by atoms with E-state index in [1.807, 2.05) is 38.1 Å². The summed E-state index contributed by atoms with van der Waals surface area (Å²) < 4.78 is 1.26. The van der Waals surface area contributed by atoms with Crippen LogP contribution < -0.4 is 5.73 Å². The van der Waals surface area contributed by atoms with E-state index in [2.05, 4.69) is 15.1 Å². The van der Waals surface area contributed by atoms with Crippen LogP contribution in [0.25, 0.3) is 0 Å². The molecule has 1 aromatic carbocycles. The zero-order chi connectivity index (χ0) is 16.4. The fraction of sp³-hybridized carbons (Fsp3) is 0.250. The third kappa shape index (κ3) is 3.13. The zero-order valence-electron chi connectivity index (χ0n) is 13.0. The Bertz CT molecular complexity index is 760. The van der Waals surface area contributed by atoms with Crippen molar-refractivity contribution in [2.45, 2.75) is 26.3 Å². The number of carbonyl (C=O) groups excluding carboxylic acids is 1. The van der Waals surface area contributed by atoms with Crippen LogP contribution in [0.3, 0.4) is 0 Å². The molecule has 1 atom stereocenters. The first-order chi connectivity index (χ1) is 11.0. The zero-order valence-corrected chi connectivity index (χ0v) is 13.0. The van der Waals surface area contributed by atoms with Gasteiger partial charge in [0.1, 0.15) is 6.33 Å². The molecule has 0 fully saturated rings. The van der Waals surface area contributed by atoms with Crippen LogP contribution in [-0.2, 0) is 0 Å². The number of aryl methyl sites for hydroxylation is 1. The molecule has 1 aliphatic heterocycles. The number of imidazole rings is 1. The van der Waals surface area contributed by atoms with Crippen molar-refractivity contribution in [3.8, 4) is 0 Å². The predicted molar refractivity (Wildman–Crippen MR) is 88.1 cm³/mol. The van der Waals surface area contributed by atoms with Crippen LogP contribution in [0.4, 0.5) is 4.79 Å². The maximum Gasteiger partial charge on any atom is 0.356 e. The monoisotopic (exact) mass is 310 g/mol. The van der Waals surface area contributed by atoms with E-state index >= 15 is 0 Å². The van der Waals surface area contributed by atoms with Crippen LogP contribution >= 0.6 is 0 Å². The molecule has 2 aromatic rings. The van der Waals surface area contributed by atoms with Gasteiger partial charge < -0.3 is 5.73 Å². The quantitative estimate of drug-likeness (QED) is 0.646. The number of aromatic nitrogens is 2. The Balaban J connectivity index is 1.86. The lowest BCUT2D eigenvalue weighted by atomic mass is 10.0. The summed E-state index contributed by atoms with van der Waals surface area (Å²) in [6.45, 7) is 3.98. The molecule has 2 heterocycles. The van der Waals surface area contributed by atoms with Crippen molar-refractivity contribution in [2.24, 2.45) is 15.8 Å². The SMILES string of the molecule is CC1=NN(C(N)=NC(=O)n2ccnc2)C(c2ccc(C)cc2)C1. The summed E-state index contributed by atoms with van der Waals surface area (Å²) in [6, 6.07) is 7.64. The van der Waals surface area contributed by atoms with Crippen molar-refractivity contribution in [3.63, 3.8) is 0 Å². The van der Waals surface area contributed by atoms with Crippen LogP contribution in [0, 0.1) is 6.92 Å². The molecular weight excluding hydrogens is 292 g/mol. The predicted octanol–water partition coefficient (Wildman–Crippen LogP) is 2.30. The molecule has 0 aliphatic carbocycles. The first kappa shape index (κ1) is 15.0. The molecule has 118 valence electrons. The van der Waals surface area contributed by atoms with Crippen molar-refractivity contribution in [2.75, 3.05) is 0 Å². The van der Waals surface area contributed by atoms with E-state index in [-0.39, 0.29) is 12.0 Å². The van der Waals surface area contributed by atoms with Gasteiger partial charge in [0.25, 0.3) is 0 Å². The number of guanidine groups is 1. The first-order valence-corrected chi connectivity index (χ1v) is 7.31. The van der Waals surface area contributed by atoms with Crippen molar-refractivity contribution < 1.29 is 4.79 Å². The molecule has 3 rings (SSSR count). The third-order valence-electron chi connectivity index (χ3n) is 3.69. The van der Waals surface area contributed by atoms with Crippen LogP contribution in [0.2, 0.25) is 0 Å². The molecule has 0 saturated carbocycles. The van der Waals surface area contributed by atoms with Gasteiger partial charge in [-0.25, -0.2) is 14.8 Å². The molecule has 1 aromatic heterocycles. The number of benzene rings is 1. The maximum absolute atomic E-state index is 12.0. The van der Waals surface area contributed by atoms with Gasteiger partial charge in [-0.1, -0.05) is 29.8 Å². The Labute approximate surface area is 134 Å². The van der Waals surface area contributed by atoms with E-state index < -0.39 is 6.03 Å². The fourth-order valence-electron chi connectivity index (χ4n) is 2.50. The number of hydrazone groups is 1. The number of aliphatic imine (C=N–C) groups is 1. The average Bonchev–Trinajstić information content (AvgIpc) is 3.17. The third-order valence-corrected chi connectivity index (χ3v) is 3.69. The van der Waals surface area contributed by atoms with Crippen molar-refractivity contribution in [3.05, 3.63) is 54.1 Å². The second-order valence-corrected chi connectivity index (χ2v) is 5.53. The fourth-order valence-corrected chi connectivity index (χ4v) is 2.50. The van der Waals surface area contributed by atoms with Gasteiger partial charge in [-0.3, -0.25) is 4.57 Å². The van der Waals surface area contributed by atoms with Gasteiger partial charge in [0.2, 0.25) is 5.96 Å². The van der Waals surface area contributed by atoms with Crippen LogP contribution in [0.5, 0.6) is 0 Å². The number of nitrogens with zero attached hydrogens (tertiary/aromatic N) is 5. The molecule has 0 saturated heterocycles. The van der Waals surface area contributed by atoms with Crippen molar-refractivity contribution >= 4 is 17.7 Å². The summed E-state index contributed by atoms with van der Waals surface area (Å²) >= 11 is 0. The molecule has 7 nitrogen and oxygen atoms in total. The summed E-state index contributed by atoms with van der Waals surface area (Å²) in [7, 11) is 0. The normalized spacial score (nSPS) is 18.2. The molecule has 0 radical (unpaired) electrons. The Hall–Kier alpha value is -2.96. The number of rotatable bonds is 1. The molecular formula is C16H18N6O. The number of hydrogen-bond donors (Lipinski definition) is 1. The van der Waals surface area contributed by atoms with Crippen molar-refractivity contribution in [1.82, 2.24) is 14.6 Å². The van der Waals surface area contributed by atoms with E-state index in [9.17, 15) is 4.79 Å². The second-order valence-electron chi connectivity index (χ2n) is 5.53. The molecule has 7 heteroatoms. The van der Waals surface area contributed by atoms with Gasteiger partial charge in [-0.05, 0) is 19.4 Å². The summed E-state index contributed by atoms with van der Waals surface area (Å²) in [6.07, 6.45) is 5.17. The lowest BCUT2D eigenvalue weighted by Gasteiger charge is -2.22. The Kier molecular flexibility index (Phi) is 3.92. The van der Waals surface area contributed by atoms with Gasteiger partial charge in [0.15, 0.2) is 0 Å². The highest BCUT2D eigenvalue weighted by atomic mass is 16.2. The summed E-state index contributed by atoms with van der Waals surface area (Å²) in [5.74, 6) is 0.0751. The van der Waals surface area contributed by atoms with E-state index in [1.54, 1.807) is 5.01 Å². The van der Waals surface area contributed by atoms with E-state index in [1.165, 1.54) is 28.9 Å². The number of nitrogens with two attached hydrogens (primary N) is 1. The molecule has 0 bridgehead atoms. The summed E-state index contributed by atoms with van der Waals surface area (Å²) in [4.78, 5) is 19.8. The lowest BCUT2D eigenvalue weighted by Crippen LogP contribution is -2.35. The standard InChI is InChI=1S/C16H18N6O/c1-11-3-5-13(6-4-11)14-9-12(2)20-22(14)15(17)19-16(23)21-8-7-18-10-21/h3-8,10,14H,9H2,1-2H3,(H2,17,19,23). The highest BCUT2D eigenvalue weighted by Crippen LogP contribution is 2.30. The minimum atomic E-state index is -0.498. The molecule has 2 N–H and O–H groups in total. The van der Waals surface area contributed by atoms with E-state index in [0.29, 0.717) is 0 Å². The van der Waals surface area contributed by atoms with Crippen molar-refractivity contribution in [1.29, 1.82) is 0 Å². The smallest absolute Gasteiger partial charge is 0.356 e. The molecule has 1 amide bonds. The van der Waals surface area contributed by atoms with Gasteiger partial charge in [-0.2, -0.15) is 10.1 Å². The summed E-state index contributed by atoms with van der Waals surface area (Å²) in [5, 5.41) is 6.03. The maximum atomic E-state index is 12.0. The first-order valence-electron chi connectivity index (χ1n) is 7.31. The Morgan fingerprint density at radius 1 is 1.30 bits per heavy atom. The van der Waals surface area contributed by atoms with E-state index in [0.717, 1.165) is 17.7 Å². The molecule has 23 heavy (non-hydrogen) atoms. The highest BCUT2D eigenvalue weighted by Gasteiger charge is 2.29. The minimum Gasteiger partial charge on any atom is -0.368 e. The van der Waals surface area contributed by atoms with Crippen LogP contribution in [0.15, 0.2) is 53.1 Å². The minimum absolute atomic E-state index is 0.0464. The topological polar surface area (TPSA) is 88.9 Å². The lowest BCUT2D eigenvalue weighted by molar-refractivity contribution is 0.249. The van der Waals surface area contributed by atoms with Gasteiger partial charge >= 0.3 is 6.03 Å². The van der Waals surface area contributed by atoms with Gasteiger partial charge in [0, 0.05) is 24.5 Å². The average molecular weight is 310 g/mol. The van der Waals surface area contributed by atoms with Crippen LogP contribution in [0.1, 0.15) is 30.5 Å². The number of carbonyl (C=O) groups is 1. The van der Waals surface area contributed by atoms with Crippen LogP contribution in [-0.4, -0.2) is 32.3 Å². The summed E-state index contributed by atoms with van der Waals surface area (Å²) in [5.41, 5.74) is 9.24. The molecule has 0 spiro atoms. The van der Waals surface area contributed by atoms with E-state index in [4.69, 9.17) is 5.73 Å².